The minimum Gasteiger partial charge on any atom is -0.385 e. The van der Waals surface area contributed by atoms with E-state index in [1.165, 1.54) is 6.42 Å². The Morgan fingerprint density at radius 2 is 2.00 bits per heavy atom. The molecule has 0 aromatic carbocycles. The molecule has 0 heterocycles. The molecular weight excluding hydrogens is 148 g/mol. The van der Waals surface area contributed by atoms with Gasteiger partial charge in [0.1, 0.15) is 0 Å². The third-order valence-corrected chi connectivity index (χ3v) is 3.31. The van der Waals surface area contributed by atoms with Gasteiger partial charge in [0.15, 0.2) is 0 Å². The fourth-order valence-corrected chi connectivity index (χ4v) is 2.20. The van der Waals surface area contributed by atoms with Crippen molar-refractivity contribution in [3.8, 4) is 0 Å². The molecule has 1 aliphatic rings. The highest BCUT2D eigenvalue weighted by molar-refractivity contribution is 5.13. The standard InChI is InChI=1S/C11H20O/c1-8(2)11(12)7-9(3)5-6-10(11)4/h9-10,12H,1,5-7H2,2-4H3. The molecule has 0 spiro atoms. The topological polar surface area (TPSA) is 20.2 Å². The van der Waals surface area contributed by atoms with Crippen LogP contribution in [-0.2, 0) is 0 Å². The number of hydrogen-bond donors (Lipinski definition) is 1. The summed E-state index contributed by atoms with van der Waals surface area (Å²) in [6, 6.07) is 0. The smallest absolute Gasteiger partial charge is 0.0879 e. The molecule has 1 N–H and O–H groups in total. The maximum Gasteiger partial charge on any atom is 0.0879 e. The Morgan fingerprint density at radius 1 is 1.42 bits per heavy atom. The van der Waals surface area contributed by atoms with Crippen molar-refractivity contribution in [1.82, 2.24) is 0 Å². The Morgan fingerprint density at radius 3 is 2.42 bits per heavy atom. The van der Waals surface area contributed by atoms with E-state index in [0.717, 1.165) is 18.4 Å². The zero-order valence-corrected chi connectivity index (χ0v) is 8.43. The average Bonchev–Trinajstić information content (AvgIpc) is 1.97. The van der Waals surface area contributed by atoms with E-state index in [-0.39, 0.29) is 0 Å². The van der Waals surface area contributed by atoms with Gasteiger partial charge in [-0.15, -0.1) is 0 Å². The number of hydrogen-bond acceptors (Lipinski definition) is 1. The van der Waals surface area contributed by atoms with Crippen molar-refractivity contribution in [3.63, 3.8) is 0 Å². The molecule has 1 nitrogen and oxygen atoms in total. The second-order valence-electron chi connectivity index (χ2n) is 4.49. The van der Waals surface area contributed by atoms with Gasteiger partial charge in [-0.3, -0.25) is 0 Å². The third-order valence-electron chi connectivity index (χ3n) is 3.31. The normalized spacial score (nSPS) is 42.7. The van der Waals surface area contributed by atoms with Crippen LogP contribution in [0.2, 0.25) is 0 Å². The molecule has 1 aliphatic carbocycles. The largest absolute Gasteiger partial charge is 0.385 e. The van der Waals surface area contributed by atoms with Crippen LogP contribution in [0.4, 0.5) is 0 Å². The summed E-state index contributed by atoms with van der Waals surface area (Å²) >= 11 is 0. The molecule has 12 heavy (non-hydrogen) atoms. The summed E-state index contributed by atoms with van der Waals surface area (Å²) in [7, 11) is 0. The van der Waals surface area contributed by atoms with Crippen molar-refractivity contribution in [2.24, 2.45) is 11.8 Å². The maximum atomic E-state index is 10.3. The second kappa shape index (κ2) is 3.21. The van der Waals surface area contributed by atoms with E-state index < -0.39 is 5.60 Å². The molecular formula is C11H20O. The predicted molar refractivity (Wildman–Crippen MR) is 51.9 cm³/mol. The lowest BCUT2D eigenvalue weighted by atomic mass is 9.69. The third kappa shape index (κ3) is 1.56. The lowest BCUT2D eigenvalue weighted by molar-refractivity contribution is -0.0241. The first kappa shape index (κ1) is 9.79. The van der Waals surface area contributed by atoms with Crippen molar-refractivity contribution in [2.75, 3.05) is 0 Å². The summed E-state index contributed by atoms with van der Waals surface area (Å²) in [6.45, 7) is 10.2. The highest BCUT2D eigenvalue weighted by Gasteiger charge is 2.39. The highest BCUT2D eigenvalue weighted by Crippen LogP contribution is 2.40. The Labute approximate surface area is 75.5 Å². The summed E-state index contributed by atoms with van der Waals surface area (Å²) in [5, 5.41) is 10.3. The first-order chi connectivity index (χ1) is 5.47. The number of rotatable bonds is 1. The van der Waals surface area contributed by atoms with Gasteiger partial charge in [-0.25, -0.2) is 0 Å². The Bertz CT molecular complexity index is 185. The lowest BCUT2D eigenvalue weighted by Crippen LogP contribution is -2.42. The Kier molecular flexibility index (Phi) is 2.62. The van der Waals surface area contributed by atoms with Gasteiger partial charge in [-0.05, 0) is 37.2 Å². The zero-order valence-electron chi connectivity index (χ0n) is 8.43. The fraction of sp³-hybridized carbons (Fsp3) is 0.818. The van der Waals surface area contributed by atoms with Gasteiger partial charge in [0.05, 0.1) is 5.60 Å². The summed E-state index contributed by atoms with van der Waals surface area (Å²) in [5.74, 6) is 1.02. The first-order valence-electron chi connectivity index (χ1n) is 4.85. The van der Waals surface area contributed by atoms with Crippen LogP contribution >= 0.6 is 0 Å². The maximum absolute atomic E-state index is 10.3. The zero-order chi connectivity index (χ0) is 9.35. The Balaban J connectivity index is 2.77. The van der Waals surface area contributed by atoms with Crippen LogP contribution in [0.3, 0.4) is 0 Å². The van der Waals surface area contributed by atoms with Crippen molar-refractivity contribution in [1.29, 1.82) is 0 Å². The monoisotopic (exact) mass is 168 g/mol. The van der Waals surface area contributed by atoms with Crippen LogP contribution < -0.4 is 0 Å². The van der Waals surface area contributed by atoms with Gasteiger partial charge >= 0.3 is 0 Å². The van der Waals surface area contributed by atoms with Crippen molar-refractivity contribution < 1.29 is 5.11 Å². The first-order valence-corrected chi connectivity index (χ1v) is 4.85. The Hall–Kier alpha value is -0.300. The average molecular weight is 168 g/mol. The quantitative estimate of drug-likeness (QED) is 0.597. The molecule has 0 aromatic rings. The van der Waals surface area contributed by atoms with Crippen molar-refractivity contribution >= 4 is 0 Å². The molecule has 1 fully saturated rings. The number of aliphatic hydroxyl groups is 1. The molecule has 70 valence electrons. The lowest BCUT2D eigenvalue weighted by Gasteiger charge is -2.41. The van der Waals surface area contributed by atoms with E-state index in [2.05, 4.69) is 20.4 Å². The van der Waals surface area contributed by atoms with Gasteiger partial charge in [-0.1, -0.05) is 26.8 Å². The molecule has 0 aromatic heterocycles. The predicted octanol–water partition coefficient (Wildman–Crippen LogP) is 2.75. The van der Waals surface area contributed by atoms with Gasteiger partial charge in [0.25, 0.3) is 0 Å². The van der Waals surface area contributed by atoms with E-state index in [4.69, 9.17) is 0 Å². The van der Waals surface area contributed by atoms with Crippen LogP contribution in [0.25, 0.3) is 0 Å². The molecule has 0 radical (unpaired) electrons. The van der Waals surface area contributed by atoms with Crippen LogP contribution in [0, 0.1) is 11.8 Å². The molecule has 0 bridgehead atoms. The molecule has 0 saturated heterocycles. The minimum absolute atomic E-state index is 0.381. The van der Waals surface area contributed by atoms with Crippen LogP contribution in [0.15, 0.2) is 12.2 Å². The van der Waals surface area contributed by atoms with Crippen LogP contribution in [0.5, 0.6) is 0 Å². The van der Waals surface area contributed by atoms with E-state index in [1.54, 1.807) is 0 Å². The van der Waals surface area contributed by atoms with E-state index in [0.29, 0.717) is 11.8 Å². The highest BCUT2D eigenvalue weighted by atomic mass is 16.3. The molecule has 1 heteroatoms. The fourth-order valence-electron chi connectivity index (χ4n) is 2.20. The van der Waals surface area contributed by atoms with Crippen molar-refractivity contribution in [3.05, 3.63) is 12.2 Å². The summed E-state index contributed by atoms with van der Waals surface area (Å²) in [5.41, 5.74) is 0.346. The molecule has 0 amide bonds. The van der Waals surface area contributed by atoms with Gasteiger partial charge in [0.2, 0.25) is 0 Å². The van der Waals surface area contributed by atoms with E-state index in [9.17, 15) is 5.11 Å². The molecule has 3 unspecified atom stereocenters. The summed E-state index contributed by atoms with van der Waals surface area (Å²) in [4.78, 5) is 0. The van der Waals surface area contributed by atoms with Gasteiger partial charge in [-0.2, -0.15) is 0 Å². The summed E-state index contributed by atoms with van der Waals surface area (Å²) in [6.07, 6.45) is 3.27. The minimum atomic E-state index is -0.586. The van der Waals surface area contributed by atoms with Gasteiger partial charge < -0.3 is 5.11 Å². The molecule has 1 saturated carbocycles. The van der Waals surface area contributed by atoms with Gasteiger partial charge in [0, 0.05) is 0 Å². The molecule has 3 atom stereocenters. The van der Waals surface area contributed by atoms with Crippen molar-refractivity contribution in [2.45, 2.75) is 45.6 Å². The molecule has 1 rings (SSSR count). The van der Waals surface area contributed by atoms with E-state index >= 15 is 0 Å². The SMILES string of the molecule is C=C(C)C1(O)CC(C)CCC1C. The molecule has 0 aliphatic heterocycles. The van der Waals surface area contributed by atoms with Crippen LogP contribution in [-0.4, -0.2) is 10.7 Å². The van der Waals surface area contributed by atoms with Crippen LogP contribution in [0.1, 0.15) is 40.0 Å². The second-order valence-corrected chi connectivity index (χ2v) is 4.49. The van der Waals surface area contributed by atoms with E-state index in [1.807, 2.05) is 6.92 Å². The summed E-state index contributed by atoms with van der Waals surface area (Å²) < 4.78 is 0.